The summed E-state index contributed by atoms with van der Waals surface area (Å²) in [5, 5.41) is 3.52. The van der Waals surface area contributed by atoms with Crippen molar-refractivity contribution >= 4 is 29.0 Å². The number of benzene rings is 1. The van der Waals surface area contributed by atoms with Crippen molar-refractivity contribution in [1.82, 2.24) is 0 Å². The lowest BCUT2D eigenvalue weighted by Crippen LogP contribution is -2.12. The summed E-state index contributed by atoms with van der Waals surface area (Å²) in [7, 11) is 1.56. The Bertz CT molecular complexity index is 438. The first kappa shape index (κ1) is 16.7. The molecule has 0 aliphatic carbocycles. The average Bonchev–Trinajstić information content (AvgIpc) is 2.45. The molecule has 20 heavy (non-hydrogen) atoms. The molecule has 1 rings (SSSR count). The fourth-order valence-electron chi connectivity index (χ4n) is 1.66. The van der Waals surface area contributed by atoms with E-state index in [1.54, 1.807) is 25.3 Å². The van der Waals surface area contributed by atoms with Gasteiger partial charge in [0.2, 0.25) is 5.91 Å². The molecule has 0 spiro atoms. The maximum Gasteiger partial charge on any atom is 0.224 e. The molecule has 0 aliphatic rings. The van der Waals surface area contributed by atoms with Crippen molar-refractivity contribution in [2.45, 2.75) is 38.4 Å². The molecule has 0 saturated heterocycles. The van der Waals surface area contributed by atoms with Crippen LogP contribution >= 0.6 is 11.8 Å². The molecule has 112 valence electrons. The monoisotopic (exact) mass is 296 g/mol. The van der Waals surface area contributed by atoms with Gasteiger partial charge in [0.15, 0.2) is 0 Å². The van der Waals surface area contributed by atoms with Crippen molar-refractivity contribution in [2.75, 3.05) is 23.9 Å². The molecule has 5 heteroatoms. The zero-order valence-electron chi connectivity index (χ0n) is 12.4. The van der Waals surface area contributed by atoms with E-state index in [4.69, 9.17) is 10.5 Å². The Balaban J connectivity index is 2.39. The largest absolute Gasteiger partial charge is 0.494 e. The van der Waals surface area contributed by atoms with Gasteiger partial charge in [-0.1, -0.05) is 13.8 Å². The zero-order valence-corrected chi connectivity index (χ0v) is 13.3. The highest BCUT2D eigenvalue weighted by atomic mass is 32.2. The SMILES string of the molecule is CCC(C)SCCCC(=O)Nc1ccc(N)cc1OC. The Labute approximate surface area is 125 Å². The van der Waals surface area contributed by atoms with Crippen LogP contribution in [0.15, 0.2) is 18.2 Å². The second kappa shape index (κ2) is 8.74. The first-order valence-electron chi connectivity index (χ1n) is 6.91. The van der Waals surface area contributed by atoms with Crippen LogP contribution in [-0.4, -0.2) is 24.0 Å². The minimum Gasteiger partial charge on any atom is -0.494 e. The molecule has 0 saturated carbocycles. The number of carbonyl (C=O) groups is 1. The van der Waals surface area contributed by atoms with Crippen molar-refractivity contribution in [1.29, 1.82) is 0 Å². The number of ether oxygens (including phenoxy) is 1. The van der Waals surface area contributed by atoms with E-state index in [1.165, 1.54) is 6.42 Å². The van der Waals surface area contributed by atoms with Crippen molar-refractivity contribution < 1.29 is 9.53 Å². The van der Waals surface area contributed by atoms with Crippen molar-refractivity contribution in [2.24, 2.45) is 0 Å². The third kappa shape index (κ3) is 5.74. The van der Waals surface area contributed by atoms with Gasteiger partial charge in [-0.3, -0.25) is 4.79 Å². The molecule has 1 amide bonds. The molecule has 0 fully saturated rings. The van der Waals surface area contributed by atoms with Crippen LogP contribution in [0.1, 0.15) is 33.1 Å². The van der Waals surface area contributed by atoms with Gasteiger partial charge in [-0.05, 0) is 30.7 Å². The van der Waals surface area contributed by atoms with E-state index in [0.717, 1.165) is 12.2 Å². The molecule has 1 aromatic carbocycles. The maximum atomic E-state index is 11.9. The van der Waals surface area contributed by atoms with E-state index in [0.29, 0.717) is 28.8 Å². The Kier molecular flexibility index (Phi) is 7.30. The summed E-state index contributed by atoms with van der Waals surface area (Å²) < 4.78 is 5.20. The van der Waals surface area contributed by atoms with E-state index in [2.05, 4.69) is 19.2 Å². The number of rotatable bonds is 8. The number of amides is 1. The normalized spacial score (nSPS) is 11.9. The van der Waals surface area contributed by atoms with Crippen LogP contribution in [-0.2, 0) is 4.79 Å². The molecule has 4 nitrogen and oxygen atoms in total. The summed E-state index contributed by atoms with van der Waals surface area (Å²) in [4.78, 5) is 11.9. The standard InChI is InChI=1S/C15H24N2O2S/c1-4-11(2)20-9-5-6-15(18)17-13-8-7-12(16)10-14(13)19-3/h7-8,10-11H,4-6,9,16H2,1-3H3,(H,17,18). The molecular formula is C15H24N2O2S. The highest BCUT2D eigenvalue weighted by molar-refractivity contribution is 7.99. The van der Waals surface area contributed by atoms with Gasteiger partial charge >= 0.3 is 0 Å². The summed E-state index contributed by atoms with van der Waals surface area (Å²) in [5.41, 5.74) is 6.96. The number of thioether (sulfide) groups is 1. The first-order chi connectivity index (χ1) is 9.56. The molecule has 0 aliphatic heterocycles. The quantitative estimate of drug-likeness (QED) is 0.569. The molecule has 0 aromatic heterocycles. The Morgan fingerprint density at radius 2 is 2.25 bits per heavy atom. The van der Waals surface area contributed by atoms with Gasteiger partial charge in [-0.25, -0.2) is 0 Å². The molecule has 0 heterocycles. The highest BCUT2D eigenvalue weighted by Gasteiger charge is 2.08. The lowest BCUT2D eigenvalue weighted by molar-refractivity contribution is -0.116. The number of anilines is 2. The summed E-state index contributed by atoms with van der Waals surface area (Å²) >= 11 is 1.91. The molecule has 1 unspecified atom stereocenters. The predicted octanol–water partition coefficient (Wildman–Crippen LogP) is 3.53. The second-order valence-corrected chi connectivity index (χ2v) is 6.25. The number of hydrogen-bond donors (Lipinski definition) is 2. The van der Waals surface area contributed by atoms with Crippen LogP contribution in [0.5, 0.6) is 5.75 Å². The van der Waals surface area contributed by atoms with Crippen LogP contribution in [0.3, 0.4) is 0 Å². The Hall–Kier alpha value is -1.36. The number of methoxy groups -OCH3 is 1. The van der Waals surface area contributed by atoms with E-state index >= 15 is 0 Å². The number of carbonyl (C=O) groups excluding carboxylic acids is 1. The third-order valence-corrected chi connectivity index (χ3v) is 4.45. The minimum absolute atomic E-state index is 0.0119. The lowest BCUT2D eigenvalue weighted by Gasteiger charge is -2.11. The summed E-state index contributed by atoms with van der Waals surface area (Å²) in [6.07, 6.45) is 2.58. The van der Waals surface area contributed by atoms with Crippen molar-refractivity contribution in [3.63, 3.8) is 0 Å². The van der Waals surface area contributed by atoms with Gasteiger partial charge in [0.1, 0.15) is 5.75 Å². The van der Waals surface area contributed by atoms with Gasteiger partial charge in [-0.15, -0.1) is 0 Å². The summed E-state index contributed by atoms with van der Waals surface area (Å²) in [5.74, 6) is 1.62. The second-order valence-electron chi connectivity index (χ2n) is 4.70. The van der Waals surface area contributed by atoms with Crippen LogP contribution < -0.4 is 15.8 Å². The fourth-order valence-corrected chi connectivity index (χ4v) is 2.61. The Morgan fingerprint density at radius 3 is 2.90 bits per heavy atom. The van der Waals surface area contributed by atoms with Gasteiger partial charge in [0, 0.05) is 23.4 Å². The van der Waals surface area contributed by atoms with Gasteiger partial charge < -0.3 is 15.8 Å². The average molecular weight is 296 g/mol. The smallest absolute Gasteiger partial charge is 0.224 e. The molecule has 1 aromatic rings. The minimum atomic E-state index is 0.0119. The van der Waals surface area contributed by atoms with Crippen LogP contribution in [0.25, 0.3) is 0 Å². The topological polar surface area (TPSA) is 64.4 Å². The lowest BCUT2D eigenvalue weighted by atomic mass is 10.2. The molecule has 3 N–H and O–H groups in total. The van der Waals surface area contributed by atoms with Crippen LogP contribution in [0.2, 0.25) is 0 Å². The molecule has 1 atom stereocenters. The van der Waals surface area contributed by atoms with E-state index in [9.17, 15) is 4.79 Å². The van der Waals surface area contributed by atoms with E-state index < -0.39 is 0 Å². The maximum absolute atomic E-state index is 11.9. The van der Waals surface area contributed by atoms with Gasteiger partial charge in [0.25, 0.3) is 0 Å². The first-order valence-corrected chi connectivity index (χ1v) is 7.96. The Morgan fingerprint density at radius 1 is 1.50 bits per heavy atom. The van der Waals surface area contributed by atoms with Crippen molar-refractivity contribution in [3.05, 3.63) is 18.2 Å². The van der Waals surface area contributed by atoms with E-state index in [-0.39, 0.29) is 5.91 Å². The number of nitrogens with two attached hydrogens (primary N) is 1. The van der Waals surface area contributed by atoms with E-state index in [1.807, 2.05) is 11.8 Å². The van der Waals surface area contributed by atoms with Gasteiger partial charge in [0.05, 0.1) is 12.8 Å². The predicted molar refractivity (Wildman–Crippen MR) is 87.5 cm³/mol. The van der Waals surface area contributed by atoms with Crippen molar-refractivity contribution in [3.8, 4) is 5.75 Å². The molecule has 0 radical (unpaired) electrons. The summed E-state index contributed by atoms with van der Waals surface area (Å²) in [6.45, 7) is 4.39. The third-order valence-electron chi connectivity index (χ3n) is 3.03. The van der Waals surface area contributed by atoms with Gasteiger partial charge in [-0.2, -0.15) is 11.8 Å². The number of nitrogens with one attached hydrogen (secondary N) is 1. The summed E-state index contributed by atoms with van der Waals surface area (Å²) in [6, 6.07) is 5.21. The molecule has 0 bridgehead atoms. The van der Waals surface area contributed by atoms with Crippen LogP contribution in [0.4, 0.5) is 11.4 Å². The van der Waals surface area contributed by atoms with Crippen LogP contribution in [0, 0.1) is 0 Å². The molecular weight excluding hydrogens is 272 g/mol. The number of hydrogen-bond acceptors (Lipinski definition) is 4. The number of nitrogen functional groups attached to an aromatic ring is 1. The zero-order chi connectivity index (χ0) is 15.0. The fraction of sp³-hybridized carbons (Fsp3) is 0.533. The highest BCUT2D eigenvalue weighted by Crippen LogP contribution is 2.26.